The van der Waals surface area contributed by atoms with E-state index in [0.29, 0.717) is 19.5 Å². The van der Waals surface area contributed by atoms with Crippen molar-refractivity contribution in [2.45, 2.75) is 40.0 Å². The summed E-state index contributed by atoms with van der Waals surface area (Å²) in [5.74, 6) is -0.0915. The van der Waals surface area contributed by atoms with Crippen LogP contribution in [0.2, 0.25) is 0 Å². The van der Waals surface area contributed by atoms with E-state index in [4.69, 9.17) is 5.11 Å². The lowest BCUT2D eigenvalue weighted by atomic mass is 9.90. The van der Waals surface area contributed by atoms with Gasteiger partial charge in [-0.05, 0) is 11.8 Å². The molecular formula is C12H24N2O3. The number of carbonyl (C=O) groups is 2. The molecular weight excluding hydrogens is 220 g/mol. The molecule has 17 heavy (non-hydrogen) atoms. The molecule has 5 nitrogen and oxygen atoms in total. The standard InChI is InChI=1S/C12H24N2O3/c1-4-5-10(16)13-6-7-14-11(17)8-12(2,3)9-15/h15H,4-9H2,1-3H3,(H,13,16)(H,14,17). The summed E-state index contributed by atoms with van der Waals surface area (Å²) in [4.78, 5) is 22.6. The van der Waals surface area contributed by atoms with Crippen molar-refractivity contribution in [3.8, 4) is 0 Å². The minimum absolute atomic E-state index is 0.0115. The number of rotatable bonds is 8. The maximum absolute atomic E-state index is 11.5. The first kappa shape index (κ1) is 15.9. The fourth-order valence-corrected chi connectivity index (χ4v) is 1.27. The molecule has 0 aromatic heterocycles. The van der Waals surface area contributed by atoms with Crippen molar-refractivity contribution >= 4 is 11.8 Å². The van der Waals surface area contributed by atoms with Crippen LogP contribution in [0, 0.1) is 5.41 Å². The van der Waals surface area contributed by atoms with E-state index in [9.17, 15) is 9.59 Å². The van der Waals surface area contributed by atoms with Crippen LogP contribution in [-0.4, -0.2) is 36.6 Å². The van der Waals surface area contributed by atoms with Crippen LogP contribution in [-0.2, 0) is 9.59 Å². The fourth-order valence-electron chi connectivity index (χ4n) is 1.27. The first-order chi connectivity index (χ1) is 7.91. The zero-order valence-electron chi connectivity index (χ0n) is 11.0. The predicted octanol–water partition coefficient (Wildman–Crippen LogP) is 0.428. The summed E-state index contributed by atoms with van der Waals surface area (Å²) < 4.78 is 0. The Morgan fingerprint density at radius 3 is 2.12 bits per heavy atom. The Morgan fingerprint density at radius 2 is 1.65 bits per heavy atom. The molecule has 0 aromatic rings. The average Bonchev–Trinajstić information content (AvgIpc) is 2.24. The zero-order valence-corrected chi connectivity index (χ0v) is 11.0. The first-order valence-corrected chi connectivity index (χ1v) is 6.05. The molecule has 0 saturated heterocycles. The van der Waals surface area contributed by atoms with Crippen LogP contribution >= 0.6 is 0 Å². The summed E-state index contributed by atoms with van der Waals surface area (Å²) in [5.41, 5.74) is -0.393. The minimum atomic E-state index is -0.393. The second kappa shape index (κ2) is 8.06. The summed E-state index contributed by atoms with van der Waals surface area (Å²) in [5, 5.41) is 14.4. The third-order valence-corrected chi connectivity index (χ3v) is 2.31. The van der Waals surface area contributed by atoms with E-state index in [2.05, 4.69) is 10.6 Å². The lowest BCUT2D eigenvalue weighted by Gasteiger charge is -2.20. The molecule has 0 aliphatic carbocycles. The molecule has 0 atom stereocenters. The lowest BCUT2D eigenvalue weighted by Crippen LogP contribution is -2.36. The minimum Gasteiger partial charge on any atom is -0.396 e. The predicted molar refractivity (Wildman–Crippen MR) is 66.4 cm³/mol. The number of hydrogen-bond donors (Lipinski definition) is 3. The smallest absolute Gasteiger partial charge is 0.220 e. The summed E-state index contributed by atoms with van der Waals surface area (Å²) in [6, 6.07) is 0. The highest BCUT2D eigenvalue weighted by atomic mass is 16.3. The Morgan fingerprint density at radius 1 is 1.12 bits per heavy atom. The Hall–Kier alpha value is -1.10. The van der Waals surface area contributed by atoms with Gasteiger partial charge in [-0.25, -0.2) is 0 Å². The van der Waals surface area contributed by atoms with Crippen molar-refractivity contribution in [1.82, 2.24) is 10.6 Å². The van der Waals surface area contributed by atoms with Gasteiger partial charge in [-0.3, -0.25) is 9.59 Å². The quantitative estimate of drug-likeness (QED) is 0.542. The molecule has 2 amide bonds. The highest BCUT2D eigenvalue weighted by Crippen LogP contribution is 2.18. The molecule has 0 bridgehead atoms. The summed E-state index contributed by atoms with van der Waals surface area (Å²) >= 11 is 0. The maximum atomic E-state index is 11.5. The van der Waals surface area contributed by atoms with E-state index < -0.39 is 5.41 Å². The van der Waals surface area contributed by atoms with Gasteiger partial charge in [-0.1, -0.05) is 20.8 Å². The number of aliphatic hydroxyl groups is 1. The van der Waals surface area contributed by atoms with Crippen LogP contribution in [0.25, 0.3) is 0 Å². The van der Waals surface area contributed by atoms with Gasteiger partial charge in [0.05, 0.1) is 0 Å². The lowest BCUT2D eigenvalue weighted by molar-refractivity contribution is -0.124. The third-order valence-electron chi connectivity index (χ3n) is 2.31. The molecule has 5 heteroatoms. The van der Waals surface area contributed by atoms with Crippen LogP contribution in [0.5, 0.6) is 0 Å². The van der Waals surface area contributed by atoms with Gasteiger partial charge in [-0.15, -0.1) is 0 Å². The molecule has 0 fully saturated rings. The van der Waals surface area contributed by atoms with Crippen molar-refractivity contribution in [3.63, 3.8) is 0 Å². The summed E-state index contributed by atoms with van der Waals surface area (Å²) in [7, 11) is 0. The summed E-state index contributed by atoms with van der Waals surface area (Å²) in [6.07, 6.45) is 1.63. The fraction of sp³-hybridized carbons (Fsp3) is 0.833. The molecule has 100 valence electrons. The van der Waals surface area contributed by atoms with Crippen molar-refractivity contribution in [3.05, 3.63) is 0 Å². The Balaban J connectivity index is 3.62. The van der Waals surface area contributed by atoms with Gasteiger partial charge in [0.15, 0.2) is 0 Å². The van der Waals surface area contributed by atoms with Gasteiger partial charge < -0.3 is 15.7 Å². The zero-order chi connectivity index (χ0) is 13.3. The van der Waals surface area contributed by atoms with Gasteiger partial charge in [0.1, 0.15) is 0 Å². The average molecular weight is 244 g/mol. The highest BCUT2D eigenvalue weighted by Gasteiger charge is 2.20. The number of hydrogen-bond acceptors (Lipinski definition) is 3. The van der Waals surface area contributed by atoms with E-state index in [0.717, 1.165) is 6.42 Å². The second-order valence-corrected chi connectivity index (χ2v) is 4.95. The number of nitrogens with one attached hydrogen (secondary N) is 2. The van der Waals surface area contributed by atoms with Gasteiger partial charge in [0.25, 0.3) is 0 Å². The molecule has 0 radical (unpaired) electrons. The molecule has 0 aromatic carbocycles. The molecule has 0 aliphatic heterocycles. The van der Waals surface area contributed by atoms with Crippen molar-refractivity contribution in [1.29, 1.82) is 0 Å². The van der Waals surface area contributed by atoms with Crippen LogP contribution in [0.15, 0.2) is 0 Å². The third kappa shape index (κ3) is 8.68. The maximum Gasteiger partial charge on any atom is 0.220 e. The van der Waals surface area contributed by atoms with Crippen molar-refractivity contribution < 1.29 is 14.7 Å². The van der Waals surface area contributed by atoms with Crippen molar-refractivity contribution in [2.24, 2.45) is 5.41 Å². The molecule has 0 heterocycles. The topological polar surface area (TPSA) is 78.4 Å². The van der Waals surface area contributed by atoms with Gasteiger partial charge in [0, 0.05) is 32.5 Å². The molecule has 0 unspecified atom stereocenters. The molecule has 3 N–H and O–H groups in total. The van der Waals surface area contributed by atoms with E-state index in [1.165, 1.54) is 0 Å². The molecule has 0 rings (SSSR count). The SMILES string of the molecule is CCCC(=O)NCCNC(=O)CC(C)(C)CO. The van der Waals surface area contributed by atoms with Crippen LogP contribution < -0.4 is 10.6 Å². The van der Waals surface area contributed by atoms with Gasteiger partial charge in [0.2, 0.25) is 11.8 Å². The molecule has 0 spiro atoms. The highest BCUT2D eigenvalue weighted by molar-refractivity contribution is 5.77. The van der Waals surface area contributed by atoms with Gasteiger partial charge >= 0.3 is 0 Å². The van der Waals surface area contributed by atoms with Crippen molar-refractivity contribution in [2.75, 3.05) is 19.7 Å². The largest absolute Gasteiger partial charge is 0.396 e. The van der Waals surface area contributed by atoms with E-state index in [1.54, 1.807) is 0 Å². The first-order valence-electron chi connectivity index (χ1n) is 6.05. The molecule has 0 saturated carbocycles. The Labute approximate surface area is 103 Å². The van der Waals surface area contributed by atoms with E-state index in [1.807, 2.05) is 20.8 Å². The van der Waals surface area contributed by atoms with E-state index >= 15 is 0 Å². The number of amides is 2. The van der Waals surface area contributed by atoms with Crippen LogP contribution in [0.1, 0.15) is 40.0 Å². The normalized spacial score (nSPS) is 11.1. The number of aliphatic hydroxyl groups excluding tert-OH is 1. The Bertz CT molecular complexity index is 252. The monoisotopic (exact) mass is 244 g/mol. The summed E-state index contributed by atoms with van der Waals surface area (Å²) in [6.45, 7) is 6.46. The van der Waals surface area contributed by atoms with Crippen LogP contribution in [0.4, 0.5) is 0 Å². The number of carbonyl (C=O) groups excluding carboxylic acids is 2. The second-order valence-electron chi connectivity index (χ2n) is 4.95. The molecule has 0 aliphatic rings. The van der Waals surface area contributed by atoms with E-state index in [-0.39, 0.29) is 24.8 Å². The Kier molecular flexibility index (Phi) is 7.54. The van der Waals surface area contributed by atoms with Crippen LogP contribution in [0.3, 0.4) is 0 Å². The van der Waals surface area contributed by atoms with Gasteiger partial charge in [-0.2, -0.15) is 0 Å².